The van der Waals surface area contributed by atoms with Crippen LogP contribution in [0, 0.1) is 0 Å². The highest BCUT2D eigenvalue weighted by molar-refractivity contribution is 6.16. The topological polar surface area (TPSA) is 62.7 Å². The van der Waals surface area contributed by atoms with Gasteiger partial charge in [-0.1, -0.05) is 6.92 Å². The van der Waals surface area contributed by atoms with Gasteiger partial charge in [0.25, 0.3) is 0 Å². The van der Waals surface area contributed by atoms with E-state index in [1.165, 1.54) is 0 Å². The van der Waals surface area contributed by atoms with Gasteiger partial charge in [-0.3, -0.25) is 0 Å². The Bertz CT molecular complexity index is 1010. The van der Waals surface area contributed by atoms with Crippen molar-refractivity contribution in [2.24, 2.45) is 0 Å². The van der Waals surface area contributed by atoms with Crippen molar-refractivity contribution in [1.82, 2.24) is 9.97 Å². The Morgan fingerprint density at radius 3 is 2.14 bits per heavy atom. The molecule has 6 nitrogen and oxygen atoms in total. The van der Waals surface area contributed by atoms with Crippen LogP contribution >= 0.6 is 11.6 Å². The molecule has 3 rings (SSSR count). The number of aromatic nitrogens is 2. The van der Waals surface area contributed by atoms with E-state index in [9.17, 15) is 0 Å². The van der Waals surface area contributed by atoms with E-state index in [-0.39, 0.29) is 5.88 Å². The summed E-state index contributed by atoms with van der Waals surface area (Å²) in [5, 5.41) is 0.904. The lowest BCUT2D eigenvalue weighted by Gasteiger charge is -2.18. The van der Waals surface area contributed by atoms with Gasteiger partial charge in [0.2, 0.25) is 0 Å². The Labute approximate surface area is 169 Å². The third-order valence-corrected chi connectivity index (χ3v) is 4.84. The third-order valence-electron chi connectivity index (χ3n) is 4.60. The highest BCUT2D eigenvalue weighted by atomic mass is 35.5. The highest BCUT2D eigenvalue weighted by Gasteiger charge is 2.21. The fourth-order valence-corrected chi connectivity index (χ4v) is 3.46. The maximum absolute atomic E-state index is 6.07. The number of benzene rings is 2. The molecular weight excluding hydrogens is 380 g/mol. The first-order valence-electron chi connectivity index (χ1n) is 8.84. The summed E-state index contributed by atoms with van der Waals surface area (Å²) < 4.78 is 22.0. The number of nitrogens with zero attached hydrogens (tertiary/aromatic N) is 2. The molecule has 2 aromatic carbocycles. The molecular formula is C21H23ClN2O4. The van der Waals surface area contributed by atoms with E-state index >= 15 is 0 Å². The maximum Gasteiger partial charge on any atom is 0.164 e. The molecule has 1 aromatic heterocycles. The fraction of sp³-hybridized carbons (Fsp3) is 0.333. The number of alkyl halides is 1. The molecule has 0 aliphatic carbocycles. The molecule has 0 unspecified atom stereocenters. The minimum atomic E-state index is 0.200. The predicted octanol–water partition coefficient (Wildman–Crippen LogP) is 4.63. The van der Waals surface area contributed by atoms with E-state index in [2.05, 4.69) is 11.9 Å². The molecule has 0 N–H and O–H groups in total. The molecule has 7 heteroatoms. The van der Waals surface area contributed by atoms with Crippen LogP contribution in [0.1, 0.15) is 18.3 Å². The van der Waals surface area contributed by atoms with E-state index in [1.54, 1.807) is 28.4 Å². The van der Waals surface area contributed by atoms with E-state index in [4.69, 9.17) is 35.5 Å². The zero-order valence-electron chi connectivity index (χ0n) is 16.6. The van der Waals surface area contributed by atoms with Crippen molar-refractivity contribution in [3.05, 3.63) is 35.7 Å². The Kier molecular flexibility index (Phi) is 6.09. The summed E-state index contributed by atoms with van der Waals surface area (Å²) in [7, 11) is 6.46. The largest absolute Gasteiger partial charge is 0.493 e. The number of fused-ring (bicyclic) bond motifs is 1. The minimum absolute atomic E-state index is 0.200. The molecule has 28 heavy (non-hydrogen) atoms. The molecule has 0 aliphatic rings. The van der Waals surface area contributed by atoms with Crippen LogP contribution in [0.2, 0.25) is 0 Å². The van der Waals surface area contributed by atoms with E-state index in [0.29, 0.717) is 28.8 Å². The fourth-order valence-electron chi connectivity index (χ4n) is 3.35. The first-order chi connectivity index (χ1) is 13.6. The standard InChI is InChI=1S/C21H23ClN2O4/c1-6-13-19-14(10-17(27-4)21(13)28-5)23-18(11-22)24-20(19)12-7-8-15(25-2)16(9-12)26-3/h7-10H,6,11H2,1-5H3. The van der Waals surface area contributed by atoms with Gasteiger partial charge in [0.05, 0.1) is 45.5 Å². The van der Waals surface area contributed by atoms with E-state index in [1.807, 2.05) is 24.3 Å². The molecule has 0 amide bonds. The van der Waals surface area contributed by atoms with Crippen molar-refractivity contribution in [3.8, 4) is 34.3 Å². The number of methoxy groups -OCH3 is 4. The lowest BCUT2D eigenvalue weighted by Crippen LogP contribution is -2.03. The summed E-state index contributed by atoms with van der Waals surface area (Å²) in [5.41, 5.74) is 3.37. The van der Waals surface area contributed by atoms with Crippen LogP contribution in [0.25, 0.3) is 22.2 Å². The number of halogens is 1. The summed E-state index contributed by atoms with van der Waals surface area (Å²) in [6, 6.07) is 7.55. The second kappa shape index (κ2) is 8.52. The van der Waals surface area contributed by atoms with Gasteiger partial charge in [0, 0.05) is 22.6 Å². The third kappa shape index (κ3) is 3.40. The molecule has 0 spiro atoms. The maximum atomic E-state index is 6.07. The molecule has 0 radical (unpaired) electrons. The molecule has 0 atom stereocenters. The van der Waals surface area contributed by atoms with Crippen molar-refractivity contribution in [2.45, 2.75) is 19.2 Å². The predicted molar refractivity (Wildman–Crippen MR) is 110 cm³/mol. The number of hydrogen-bond acceptors (Lipinski definition) is 6. The molecule has 0 saturated carbocycles. The zero-order chi connectivity index (χ0) is 20.3. The quantitative estimate of drug-likeness (QED) is 0.537. The SMILES string of the molecule is CCc1c(OC)c(OC)cc2nc(CCl)nc(-c3ccc(OC)c(OC)c3)c12. The summed E-state index contributed by atoms with van der Waals surface area (Å²) in [6.45, 7) is 2.06. The lowest BCUT2D eigenvalue weighted by molar-refractivity contribution is 0.353. The second-order valence-corrected chi connectivity index (χ2v) is 6.30. The normalized spacial score (nSPS) is 10.8. The molecule has 3 aromatic rings. The van der Waals surface area contributed by atoms with Crippen LogP contribution in [0.4, 0.5) is 0 Å². The summed E-state index contributed by atoms with van der Waals surface area (Å²) >= 11 is 6.07. The second-order valence-electron chi connectivity index (χ2n) is 6.03. The van der Waals surface area contributed by atoms with Crippen molar-refractivity contribution < 1.29 is 18.9 Å². The van der Waals surface area contributed by atoms with Gasteiger partial charge in [0.1, 0.15) is 5.82 Å². The Balaban J connectivity index is 2.41. The van der Waals surface area contributed by atoms with Crippen LogP contribution in [0.15, 0.2) is 24.3 Å². The van der Waals surface area contributed by atoms with Gasteiger partial charge in [-0.15, -0.1) is 11.6 Å². The molecule has 1 heterocycles. The van der Waals surface area contributed by atoms with Crippen LogP contribution in [-0.2, 0) is 12.3 Å². The lowest BCUT2D eigenvalue weighted by atomic mass is 9.98. The minimum Gasteiger partial charge on any atom is -0.493 e. The first-order valence-corrected chi connectivity index (χ1v) is 9.38. The Morgan fingerprint density at radius 1 is 0.857 bits per heavy atom. The smallest absolute Gasteiger partial charge is 0.164 e. The van der Waals surface area contributed by atoms with Crippen LogP contribution in [-0.4, -0.2) is 38.4 Å². The van der Waals surface area contributed by atoms with Gasteiger partial charge < -0.3 is 18.9 Å². The van der Waals surface area contributed by atoms with Gasteiger partial charge in [-0.05, 0) is 24.6 Å². The average Bonchev–Trinajstić information content (AvgIpc) is 2.75. The molecule has 0 fully saturated rings. The van der Waals surface area contributed by atoms with Crippen LogP contribution in [0.5, 0.6) is 23.0 Å². The number of ether oxygens (including phenoxy) is 4. The molecule has 148 valence electrons. The number of rotatable bonds is 7. The van der Waals surface area contributed by atoms with Gasteiger partial charge in [-0.25, -0.2) is 9.97 Å². The number of hydrogen-bond donors (Lipinski definition) is 0. The Hall–Kier alpha value is -2.73. The van der Waals surface area contributed by atoms with Crippen molar-refractivity contribution in [1.29, 1.82) is 0 Å². The monoisotopic (exact) mass is 402 g/mol. The van der Waals surface area contributed by atoms with Crippen LogP contribution in [0.3, 0.4) is 0 Å². The summed E-state index contributed by atoms with van der Waals surface area (Å²) in [4.78, 5) is 9.34. The van der Waals surface area contributed by atoms with Gasteiger partial charge >= 0.3 is 0 Å². The van der Waals surface area contributed by atoms with Crippen LogP contribution < -0.4 is 18.9 Å². The molecule has 0 saturated heterocycles. The summed E-state index contributed by atoms with van der Waals surface area (Å²) in [5.74, 6) is 3.32. The van der Waals surface area contributed by atoms with Gasteiger partial charge in [-0.2, -0.15) is 0 Å². The zero-order valence-corrected chi connectivity index (χ0v) is 17.4. The van der Waals surface area contributed by atoms with E-state index in [0.717, 1.165) is 34.1 Å². The van der Waals surface area contributed by atoms with Crippen molar-refractivity contribution in [2.75, 3.05) is 28.4 Å². The number of aryl methyl sites for hydroxylation is 1. The summed E-state index contributed by atoms with van der Waals surface area (Å²) in [6.07, 6.45) is 0.723. The van der Waals surface area contributed by atoms with E-state index < -0.39 is 0 Å². The van der Waals surface area contributed by atoms with Crippen molar-refractivity contribution >= 4 is 22.5 Å². The first kappa shape index (κ1) is 20.0. The Morgan fingerprint density at radius 2 is 1.57 bits per heavy atom. The average molecular weight is 403 g/mol. The van der Waals surface area contributed by atoms with Crippen molar-refractivity contribution in [3.63, 3.8) is 0 Å². The molecule has 0 aliphatic heterocycles. The van der Waals surface area contributed by atoms with Gasteiger partial charge in [0.15, 0.2) is 23.0 Å². The molecule has 0 bridgehead atoms. The highest BCUT2D eigenvalue weighted by Crippen LogP contribution is 2.42.